The second kappa shape index (κ2) is 10.1. The number of nitrogens with zero attached hydrogens (tertiary/aromatic N) is 4. The van der Waals surface area contributed by atoms with Crippen molar-refractivity contribution < 1.29 is 8.42 Å². The van der Waals surface area contributed by atoms with E-state index < -0.39 is 10.0 Å². The van der Waals surface area contributed by atoms with Crippen LogP contribution in [0.3, 0.4) is 0 Å². The third-order valence-corrected chi connectivity index (χ3v) is 6.36. The number of nitrogens with one attached hydrogen (secondary N) is 2. The van der Waals surface area contributed by atoms with Crippen molar-refractivity contribution in [3.63, 3.8) is 0 Å². The zero-order valence-corrected chi connectivity index (χ0v) is 20.3. The van der Waals surface area contributed by atoms with E-state index in [1.807, 2.05) is 18.7 Å². The molecule has 1 aromatic heterocycles. The second-order valence-corrected chi connectivity index (χ2v) is 9.08. The molecule has 10 heteroatoms. The Bertz CT molecular complexity index is 762. The van der Waals surface area contributed by atoms with Gasteiger partial charge in [0.05, 0.1) is 11.9 Å². The largest absolute Gasteiger partial charge is 0.355 e. The molecule has 0 aromatic carbocycles. The molecule has 1 saturated heterocycles. The Morgan fingerprint density at radius 3 is 2.59 bits per heavy atom. The maximum atomic E-state index is 11.8. The van der Waals surface area contributed by atoms with Crippen molar-refractivity contribution in [2.75, 3.05) is 26.4 Å². The summed E-state index contributed by atoms with van der Waals surface area (Å²) < 4.78 is 27.2. The van der Waals surface area contributed by atoms with E-state index in [-0.39, 0.29) is 36.1 Å². The Kier molecular flexibility index (Phi) is 9.00. The van der Waals surface area contributed by atoms with Gasteiger partial charge in [-0.05, 0) is 45.6 Å². The van der Waals surface area contributed by atoms with Crippen LogP contribution in [-0.4, -0.2) is 66.9 Å². The third-order valence-electron chi connectivity index (χ3n) is 5.03. The molecule has 1 aliphatic heterocycles. The van der Waals surface area contributed by atoms with Gasteiger partial charge in [0.2, 0.25) is 10.0 Å². The molecular formula is C17H33IN6O2S. The van der Waals surface area contributed by atoms with Gasteiger partial charge in [-0.25, -0.2) is 8.42 Å². The van der Waals surface area contributed by atoms with Crippen LogP contribution in [-0.2, 0) is 23.5 Å². The van der Waals surface area contributed by atoms with Gasteiger partial charge in [-0.15, -0.1) is 24.0 Å². The summed E-state index contributed by atoms with van der Waals surface area (Å²) in [7, 11) is 0.532. The van der Waals surface area contributed by atoms with E-state index in [1.165, 1.54) is 17.5 Å². The van der Waals surface area contributed by atoms with Crippen molar-refractivity contribution in [2.24, 2.45) is 12.0 Å². The monoisotopic (exact) mass is 512 g/mol. The number of guanidine groups is 1. The number of hydrogen-bond donors (Lipinski definition) is 2. The minimum atomic E-state index is -3.15. The normalized spacial score (nSPS) is 19.6. The number of aryl methyl sites for hydroxylation is 2. The second-order valence-electron chi connectivity index (χ2n) is 7.15. The fourth-order valence-corrected chi connectivity index (χ4v) is 4.74. The van der Waals surface area contributed by atoms with E-state index in [0.717, 1.165) is 25.0 Å². The number of aliphatic imine (C=N–C) groups is 1. The number of rotatable bonds is 6. The lowest BCUT2D eigenvalue weighted by atomic mass is 10.1. The molecule has 2 heterocycles. The maximum Gasteiger partial charge on any atom is 0.211 e. The quantitative estimate of drug-likeness (QED) is 0.340. The zero-order valence-electron chi connectivity index (χ0n) is 17.1. The summed E-state index contributed by atoms with van der Waals surface area (Å²) in [6.07, 6.45) is 3.91. The number of aromatic nitrogens is 2. The Hall–Kier alpha value is -0.880. The van der Waals surface area contributed by atoms with E-state index in [2.05, 4.69) is 34.6 Å². The first-order valence-corrected chi connectivity index (χ1v) is 10.9. The molecule has 2 N–H and O–H groups in total. The first-order valence-electron chi connectivity index (χ1n) is 9.06. The van der Waals surface area contributed by atoms with Crippen molar-refractivity contribution in [1.29, 1.82) is 0 Å². The Labute approximate surface area is 180 Å². The van der Waals surface area contributed by atoms with Crippen molar-refractivity contribution in [3.05, 3.63) is 17.0 Å². The summed E-state index contributed by atoms with van der Waals surface area (Å²) in [4.78, 5) is 4.27. The summed E-state index contributed by atoms with van der Waals surface area (Å²) in [5.74, 6) is 0.692. The minimum absolute atomic E-state index is 0. The van der Waals surface area contributed by atoms with Gasteiger partial charge in [-0.1, -0.05) is 0 Å². The molecule has 1 fully saturated rings. The average molecular weight is 512 g/mol. The van der Waals surface area contributed by atoms with Crippen molar-refractivity contribution in [1.82, 2.24) is 24.7 Å². The third kappa shape index (κ3) is 6.31. The first kappa shape index (κ1) is 24.2. The van der Waals surface area contributed by atoms with E-state index in [9.17, 15) is 8.42 Å². The molecule has 8 nitrogen and oxygen atoms in total. The van der Waals surface area contributed by atoms with Gasteiger partial charge in [0.1, 0.15) is 0 Å². The number of halogens is 1. The highest BCUT2D eigenvalue weighted by Gasteiger charge is 2.31. The summed E-state index contributed by atoms with van der Waals surface area (Å²) in [5.41, 5.74) is 3.48. The van der Waals surface area contributed by atoms with Crippen LogP contribution >= 0.6 is 24.0 Å². The summed E-state index contributed by atoms with van der Waals surface area (Å²) >= 11 is 0. The van der Waals surface area contributed by atoms with Crippen LogP contribution in [0.4, 0.5) is 0 Å². The lowest BCUT2D eigenvalue weighted by Crippen LogP contribution is -2.48. The molecule has 156 valence electrons. The predicted octanol–water partition coefficient (Wildman–Crippen LogP) is 1.17. The van der Waals surface area contributed by atoms with Crippen LogP contribution in [0.25, 0.3) is 0 Å². The molecule has 0 aliphatic carbocycles. The van der Waals surface area contributed by atoms with Crippen LogP contribution in [0.15, 0.2) is 4.99 Å². The van der Waals surface area contributed by atoms with Crippen LogP contribution in [0.5, 0.6) is 0 Å². The Balaban J connectivity index is 0.00000364. The van der Waals surface area contributed by atoms with Gasteiger partial charge in [0.15, 0.2) is 5.96 Å². The maximum absolute atomic E-state index is 11.8. The molecule has 2 rings (SSSR count). The highest BCUT2D eigenvalue weighted by atomic mass is 127. The van der Waals surface area contributed by atoms with Gasteiger partial charge in [-0.2, -0.15) is 9.40 Å². The molecule has 1 aliphatic rings. The standard InChI is InChI=1S/C17H32N6O2S.HI/c1-12(10-16-13(2)21-22(5)14(16)3)20-17(18-4)19-11-15-8-7-9-23(15)26(6,24)25;/h12,15H,7-11H2,1-6H3,(H2,18,19,20);1H/t12?,15-;/m1./s1. The summed E-state index contributed by atoms with van der Waals surface area (Å²) in [5, 5.41) is 11.1. The average Bonchev–Trinajstić information content (AvgIpc) is 3.12. The predicted molar refractivity (Wildman–Crippen MR) is 120 cm³/mol. The fraction of sp³-hybridized carbons (Fsp3) is 0.765. The molecule has 2 atom stereocenters. The molecule has 1 aromatic rings. The molecule has 0 radical (unpaired) electrons. The van der Waals surface area contributed by atoms with E-state index >= 15 is 0 Å². The Morgan fingerprint density at radius 2 is 2.07 bits per heavy atom. The van der Waals surface area contributed by atoms with E-state index in [1.54, 1.807) is 11.4 Å². The lowest BCUT2D eigenvalue weighted by Gasteiger charge is -2.24. The van der Waals surface area contributed by atoms with Crippen LogP contribution in [0.2, 0.25) is 0 Å². The zero-order chi connectivity index (χ0) is 19.5. The summed E-state index contributed by atoms with van der Waals surface area (Å²) in [6, 6.07) is 0.166. The van der Waals surface area contributed by atoms with Crippen molar-refractivity contribution >= 4 is 40.0 Å². The van der Waals surface area contributed by atoms with Crippen LogP contribution in [0.1, 0.15) is 36.7 Å². The van der Waals surface area contributed by atoms with Gasteiger partial charge < -0.3 is 10.6 Å². The Morgan fingerprint density at radius 1 is 1.41 bits per heavy atom. The van der Waals surface area contributed by atoms with E-state index in [0.29, 0.717) is 19.0 Å². The molecular weight excluding hydrogens is 479 g/mol. The summed E-state index contributed by atoms with van der Waals surface area (Å²) in [6.45, 7) is 7.38. The van der Waals surface area contributed by atoms with E-state index in [4.69, 9.17) is 0 Å². The highest BCUT2D eigenvalue weighted by Crippen LogP contribution is 2.19. The SMILES string of the molecule is CN=C(NC[C@H]1CCCN1S(C)(=O)=O)NC(C)Cc1c(C)nn(C)c1C.I. The lowest BCUT2D eigenvalue weighted by molar-refractivity contribution is 0.387. The fourth-order valence-electron chi connectivity index (χ4n) is 3.56. The minimum Gasteiger partial charge on any atom is -0.355 e. The molecule has 0 saturated carbocycles. The highest BCUT2D eigenvalue weighted by molar-refractivity contribution is 14.0. The number of hydrogen-bond acceptors (Lipinski definition) is 4. The van der Waals surface area contributed by atoms with Crippen molar-refractivity contribution in [3.8, 4) is 0 Å². The smallest absolute Gasteiger partial charge is 0.211 e. The van der Waals surface area contributed by atoms with Gasteiger partial charge in [0.25, 0.3) is 0 Å². The molecule has 0 bridgehead atoms. The van der Waals surface area contributed by atoms with Gasteiger partial charge >= 0.3 is 0 Å². The van der Waals surface area contributed by atoms with Crippen LogP contribution < -0.4 is 10.6 Å². The van der Waals surface area contributed by atoms with Gasteiger partial charge in [-0.3, -0.25) is 9.67 Å². The number of sulfonamides is 1. The van der Waals surface area contributed by atoms with Crippen LogP contribution in [0, 0.1) is 13.8 Å². The van der Waals surface area contributed by atoms with Crippen molar-refractivity contribution in [2.45, 2.75) is 52.1 Å². The molecule has 0 spiro atoms. The topological polar surface area (TPSA) is 91.6 Å². The first-order chi connectivity index (χ1) is 12.1. The van der Waals surface area contributed by atoms with Gasteiger partial charge in [0, 0.05) is 45.0 Å². The molecule has 1 unspecified atom stereocenters. The molecule has 27 heavy (non-hydrogen) atoms. The molecule has 0 amide bonds.